The molecular weight excluding hydrogens is 336 g/mol. The van der Waals surface area contributed by atoms with E-state index in [1.54, 1.807) is 6.07 Å². The van der Waals surface area contributed by atoms with Gasteiger partial charge in [-0.1, -0.05) is 47.2 Å². The number of para-hydroxylation sites is 1. The van der Waals surface area contributed by atoms with Crippen molar-refractivity contribution in [2.45, 2.75) is 0 Å². The predicted octanol–water partition coefficient (Wildman–Crippen LogP) is 5.42. The molecule has 0 aliphatic rings. The molecule has 22 heavy (non-hydrogen) atoms. The first-order chi connectivity index (χ1) is 10.7. The molecule has 0 bridgehead atoms. The zero-order chi connectivity index (χ0) is 15.1. The maximum atomic E-state index is 12.4. The Morgan fingerprint density at radius 3 is 2.68 bits per heavy atom. The summed E-state index contributed by atoms with van der Waals surface area (Å²) in [7, 11) is 0. The zero-order valence-corrected chi connectivity index (χ0v) is 13.6. The van der Waals surface area contributed by atoms with Crippen molar-refractivity contribution < 1.29 is 4.79 Å². The number of hydrogen-bond acceptors (Lipinski definition) is 4. The number of amides is 1. The Balaban J connectivity index is 1.66. The van der Waals surface area contributed by atoms with Crippen molar-refractivity contribution in [1.29, 1.82) is 0 Å². The fraction of sp³-hybridized carbons (Fsp3) is 0. The Morgan fingerprint density at radius 1 is 1.05 bits per heavy atom. The van der Waals surface area contributed by atoms with Gasteiger partial charge in [0.1, 0.15) is 5.52 Å². The van der Waals surface area contributed by atoms with E-state index in [1.807, 2.05) is 42.5 Å². The molecule has 1 N–H and O–H groups in total. The lowest BCUT2D eigenvalue weighted by Gasteiger charge is -1.97. The minimum atomic E-state index is -0.142. The Hall–Kier alpha value is -1.95. The molecule has 0 radical (unpaired) electrons. The standard InChI is InChI=1S/C16H9ClN2OS2/c17-10-5-3-7-12-14(10)18-16(22-12)19-15(20)13-8-9-4-1-2-6-11(9)21-13/h1-8H,(H,18,19,20). The van der Waals surface area contributed by atoms with Crippen molar-refractivity contribution in [2.24, 2.45) is 0 Å². The van der Waals surface area contributed by atoms with Crippen LogP contribution in [0.2, 0.25) is 5.02 Å². The molecule has 0 aliphatic heterocycles. The number of thiophene rings is 1. The molecule has 0 saturated heterocycles. The number of nitrogens with one attached hydrogen (secondary N) is 1. The van der Waals surface area contributed by atoms with Crippen LogP contribution in [0.5, 0.6) is 0 Å². The van der Waals surface area contributed by atoms with Gasteiger partial charge in [-0.2, -0.15) is 0 Å². The summed E-state index contributed by atoms with van der Waals surface area (Å²) < 4.78 is 2.05. The summed E-state index contributed by atoms with van der Waals surface area (Å²) in [5.41, 5.74) is 0.723. The van der Waals surface area contributed by atoms with Crippen LogP contribution < -0.4 is 5.32 Å². The molecule has 6 heteroatoms. The Morgan fingerprint density at radius 2 is 1.86 bits per heavy atom. The SMILES string of the molecule is O=C(Nc1nc2c(Cl)cccc2s1)c1cc2ccccc2s1. The number of halogens is 1. The largest absolute Gasteiger partial charge is 0.297 e. The highest BCUT2D eigenvalue weighted by Crippen LogP contribution is 2.31. The minimum Gasteiger partial charge on any atom is -0.297 e. The van der Waals surface area contributed by atoms with Gasteiger partial charge >= 0.3 is 0 Å². The minimum absolute atomic E-state index is 0.142. The van der Waals surface area contributed by atoms with E-state index in [1.165, 1.54) is 22.7 Å². The van der Waals surface area contributed by atoms with Crippen LogP contribution in [0.15, 0.2) is 48.5 Å². The quantitative estimate of drug-likeness (QED) is 0.527. The van der Waals surface area contributed by atoms with Crippen LogP contribution in [0.3, 0.4) is 0 Å². The highest BCUT2D eigenvalue weighted by molar-refractivity contribution is 7.23. The van der Waals surface area contributed by atoms with E-state index in [2.05, 4.69) is 10.3 Å². The molecule has 0 unspecified atom stereocenters. The molecule has 4 aromatic rings. The first-order valence-corrected chi connectivity index (χ1v) is 8.57. The van der Waals surface area contributed by atoms with E-state index < -0.39 is 0 Å². The lowest BCUT2D eigenvalue weighted by Crippen LogP contribution is -2.09. The lowest BCUT2D eigenvalue weighted by atomic mass is 10.2. The Kier molecular flexibility index (Phi) is 3.33. The second-order valence-corrected chi connectivity index (χ2v) is 7.23. The van der Waals surface area contributed by atoms with Crippen LogP contribution in [0.25, 0.3) is 20.3 Å². The van der Waals surface area contributed by atoms with Crippen molar-refractivity contribution in [3.8, 4) is 0 Å². The zero-order valence-electron chi connectivity index (χ0n) is 11.2. The van der Waals surface area contributed by atoms with Gasteiger partial charge in [-0.15, -0.1) is 11.3 Å². The Labute approximate surface area is 139 Å². The van der Waals surface area contributed by atoms with Gasteiger partial charge in [0.2, 0.25) is 0 Å². The van der Waals surface area contributed by atoms with Gasteiger partial charge in [-0.25, -0.2) is 4.98 Å². The monoisotopic (exact) mass is 344 g/mol. The van der Waals surface area contributed by atoms with E-state index in [0.717, 1.165) is 20.3 Å². The van der Waals surface area contributed by atoms with Gasteiger partial charge in [-0.05, 0) is 29.7 Å². The number of carbonyl (C=O) groups is 1. The second-order valence-electron chi connectivity index (χ2n) is 4.71. The normalized spacial score (nSPS) is 11.1. The summed E-state index contributed by atoms with van der Waals surface area (Å²) in [5, 5.41) is 5.08. The van der Waals surface area contributed by atoms with Crippen molar-refractivity contribution in [3.05, 3.63) is 58.4 Å². The predicted molar refractivity (Wildman–Crippen MR) is 94.4 cm³/mol. The number of fused-ring (bicyclic) bond motifs is 2. The second kappa shape index (κ2) is 5.35. The number of carbonyl (C=O) groups excluding carboxylic acids is 1. The van der Waals surface area contributed by atoms with Gasteiger partial charge in [0.05, 0.1) is 14.6 Å². The van der Waals surface area contributed by atoms with E-state index in [-0.39, 0.29) is 5.91 Å². The third kappa shape index (κ3) is 2.37. The summed E-state index contributed by atoms with van der Waals surface area (Å²) in [4.78, 5) is 17.4. The molecule has 0 atom stereocenters. The summed E-state index contributed by atoms with van der Waals surface area (Å²) in [6.07, 6.45) is 0. The van der Waals surface area contributed by atoms with Gasteiger partial charge < -0.3 is 0 Å². The van der Waals surface area contributed by atoms with Crippen molar-refractivity contribution >= 4 is 65.6 Å². The molecule has 2 aromatic carbocycles. The first-order valence-electron chi connectivity index (χ1n) is 6.56. The van der Waals surface area contributed by atoms with Crippen LogP contribution in [0.4, 0.5) is 5.13 Å². The fourth-order valence-corrected chi connectivity index (χ4v) is 4.34. The molecule has 0 spiro atoms. The van der Waals surface area contributed by atoms with Crippen molar-refractivity contribution in [1.82, 2.24) is 4.98 Å². The molecule has 0 fully saturated rings. The molecule has 0 saturated carbocycles. The first kappa shape index (κ1) is 13.7. The summed E-state index contributed by atoms with van der Waals surface area (Å²) in [6.45, 7) is 0. The van der Waals surface area contributed by atoms with Gasteiger partial charge in [0, 0.05) is 4.70 Å². The van der Waals surface area contributed by atoms with Crippen LogP contribution >= 0.6 is 34.3 Å². The van der Waals surface area contributed by atoms with Crippen molar-refractivity contribution in [2.75, 3.05) is 5.32 Å². The smallest absolute Gasteiger partial charge is 0.267 e. The number of anilines is 1. The topological polar surface area (TPSA) is 42.0 Å². The Bertz CT molecular complexity index is 973. The molecule has 1 amide bonds. The van der Waals surface area contributed by atoms with Gasteiger partial charge in [0.25, 0.3) is 5.91 Å². The van der Waals surface area contributed by atoms with E-state index in [9.17, 15) is 4.79 Å². The molecule has 4 rings (SSSR count). The molecule has 108 valence electrons. The highest BCUT2D eigenvalue weighted by atomic mass is 35.5. The maximum absolute atomic E-state index is 12.4. The number of hydrogen-bond donors (Lipinski definition) is 1. The summed E-state index contributed by atoms with van der Waals surface area (Å²) in [5.74, 6) is -0.142. The van der Waals surface area contributed by atoms with Gasteiger partial charge in [0.15, 0.2) is 5.13 Å². The third-order valence-corrected chi connectivity index (χ3v) is 5.60. The molecule has 0 aliphatic carbocycles. The third-order valence-electron chi connectivity index (χ3n) is 3.24. The number of aromatic nitrogens is 1. The van der Waals surface area contributed by atoms with Crippen LogP contribution in [0, 0.1) is 0 Å². The molecule has 2 aromatic heterocycles. The molecule has 2 heterocycles. The lowest BCUT2D eigenvalue weighted by molar-refractivity contribution is 0.103. The van der Waals surface area contributed by atoms with Gasteiger partial charge in [-0.3, -0.25) is 10.1 Å². The number of thiazole rings is 1. The van der Waals surface area contributed by atoms with Crippen LogP contribution in [-0.2, 0) is 0 Å². The van der Waals surface area contributed by atoms with E-state index >= 15 is 0 Å². The van der Waals surface area contributed by atoms with E-state index in [4.69, 9.17) is 11.6 Å². The molecular formula is C16H9ClN2OS2. The fourth-order valence-electron chi connectivity index (χ4n) is 2.22. The van der Waals surface area contributed by atoms with Crippen LogP contribution in [0.1, 0.15) is 9.67 Å². The molecule has 3 nitrogen and oxygen atoms in total. The summed E-state index contributed by atoms with van der Waals surface area (Å²) >= 11 is 9.00. The number of benzene rings is 2. The van der Waals surface area contributed by atoms with E-state index in [0.29, 0.717) is 15.0 Å². The average Bonchev–Trinajstić information content (AvgIpc) is 3.11. The average molecular weight is 345 g/mol. The summed E-state index contributed by atoms with van der Waals surface area (Å²) in [6, 6.07) is 15.4. The number of nitrogens with zero attached hydrogens (tertiary/aromatic N) is 1. The number of rotatable bonds is 2. The van der Waals surface area contributed by atoms with Crippen LogP contribution in [-0.4, -0.2) is 10.9 Å². The maximum Gasteiger partial charge on any atom is 0.267 e. The van der Waals surface area contributed by atoms with Crippen molar-refractivity contribution in [3.63, 3.8) is 0 Å². The highest BCUT2D eigenvalue weighted by Gasteiger charge is 2.13.